The van der Waals surface area contributed by atoms with Gasteiger partial charge in [0.2, 0.25) is 0 Å². The molecule has 0 unspecified atom stereocenters. The summed E-state index contributed by atoms with van der Waals surface area (Å²) in [7, 11) is 1.38. The fourth-order valence-corrected chi connectivity index (χ4v) is 3.98. The van der Waals surface area contributed by atoms with Crippen molar-refractivity contribution >= 4 is 27.5 Å². The minimum absolute atomic E-state index is 0.0246. The largest absolute Gasteiger partial charge is 0.469 e. The highest BCUT2D eigenvalue weighted by Crippen LogP contribution is 2.31. The highest BCUT2D eigenvalue weighted by Gasteiger charge is 2.16. The number of thiophene rings is 1. The maximum absolute atomic E-state index is 13.2. The first-order valence-electron chi connectivity index (χ1n) is 8.78. The van der Waals surface area contributed by atoms with E-state index in [0.717, 1.165) is 34.6 Å². The average Bonchev–Trinajstić information content (AvgIpc) is 3.09. The molecule has 0 saturated heterocycles. The van der Waals surface area contributed by atoms with E-state index >= 15 is 0 Å². The number of fused-ring (bicyclic) bond motifs is 1. The molecule has 2 aromatic heterocycles. The van der Waals surface area contributed by atoms with E-state index in [1.54, 1.807) is 4.57 Å². The molecule has 0 atom stereocenters. The van der Waals surface area contributed by atoms with E-state index in [1.165, 1.54) is 18.4 Å². The molecule has 3 aromatic rings. The lowest BCUT2D eigenvalue weighted by atomic mass is 10.1. The summed E-state index contributed by atoms with van der Waals surface area (Å²) in [5, 5.41) is 2.67. The number of aromatic nitrogens is 2. The molecule has 0 saturated carbocycles. The molecule has 6 heteroatoms. The van der Waals surface area contributed by atoms with E-state index < -0.39 is 0 Å². The standard InChI is InChI=1S/C20H22N2O3S/c1-3-8-16-21-19-18(15(13-26-19)14-9-5-4-6-10-14)20(24)22(16)12-7-11-17(23)25-2/h4-6,9-10,13H,3,7-8,11-12H2,1-2H3. The molecular weight excluding hydrogens is 348 g/mol. The normalized spacial score (nSPS) is 11.0. The zero-order valence-electron chi connectivity index (χ0n) is 15.0. The molecule has 0 radical (unpaired) electrons. The van der Waals surface area contributed by atoms with Crippen LogP contribution < -0.4 is 5.56 Å². The summed E-state index contributed by atoms with van der Waals surface area (Å²) in [5.74, 6) is 0.529. The average molecular weight is 370 g/mol. The van der Waals surface area contributed by atoms with Crippen LogP contribution in [0.5, 0.6) is 0 Å². The summed E-state index contributed by atoms with van der Waals surface area (Å²) in [4.78, 5) is 30.2. The van der Waals surface area contributed by atoms with Crippen LogP contribution in [0.3, 0.4) is 0 Å². The van der Waals surface area contributed by atoms with Crippen LogP contribution in [0.15, 0.2) is 40.5 Å². The fourth-order valence-electron chi connectivity index (χ4n) is 3.03. The summed E-state index contributed by atoms with van der Waals surface area (Å²) in [6, 6.07) is 9.89. The smallest absolute Gasteiger partial charge is 0.305 e. The summed E-state index contributed by atoms with van der Waals surface area (Å²) in [5.41, 5.74) is 1.92. The molecule has 0 aliphatic heterocycles. The number of esters is 1. The van der Waals surface area contributed by atoms with Crippen LogP contribution in [-0.2, 0) is 22.5 Å². The molecule has 0 aliphatic carbocycles. The minimum atomic E-state index is -0.260. The van der Waals surface area contributed by atoms with Gasteiger partial charge in [-0.1, -0.05) is 37.3 Å². The predicted octanol–water partition coefficient (Wildman–Crippen LogP) is 4.03. The maximum Gasteiger partial charge on any atom is 0.305 e. The Morgan fingerprint density at radius 3 is 2.73 bits per heavy atom. The van der Waals surface area contributed by atoms with E-state index in [9.17, 15) is 9.59 Å². The van der Waals surface area contributed by atoms with Crippen molar-refractivity contribution in [3.05, 3.63) is 51.9 Å². The van der Waals surface area contributed by atoms with Gasteiger partial charge in [0.05, 0.1) is 12.5 Å². The van der Waals surface area contributed by atoms with Crippen molar-refractivity contribution in [2.45, 2.75) is 39.2 Å². The van der Waals surface area contributed by atoms with Gasteiger partial charge in [0, 0.05) is 30.3 Å². The summed E-state index contributed by atoms with van der Waals surface area (Å²) >= 11 is 1.51. The summed E-state index contributed by atoms with van der Waals surface area (Å²) < 4.78 is 6.42. The molecular formula is C20H22N2O3S. The monoisotopic (exact) mass is 370 g/mol. The molecule has 5 nitrogen and oxygen atoms in total. The van der Waals surface area contributed by atoms with Crippen molar-refractivity contribution in [3.63, 3.8) is 0 Å². The van der Waals surface area contributed by atoms with Gasteiger partial charge in [-0.05, 0) is 18.4 Å². The van der Waals surface area contributed by atoms with Crippen molar-refractivity contribution in [1.29, 1.82) is 0 Å². The first-order valence-corrected chi connectivity index (χ1v) is 9.66. The second-order valence-corrected chi connectivity index (χ2v) is 6.97. The van der Waals surface area contributed by atoms with Gasteiger partial charge in [-0.3, -0.25) is 14.2 Å². The van der Waals surface area contributed by atoms with E-state index in [4.69, 9.17) is 9.72 Å². The van der Waals surface area contributed by atoms with Crippen LogP contribution in [0, 0.1) is 0 Å². The first-order chi connectivity index (χ1) is 12.7. The van der Waals surface area contributed by atoms with Crippen LogP contribution in [-0.4, -0.2) is 22.6 Å². The van der Waals surface area contributed by atoms with Crippen molar-refractivity contribution in [2.75, 3.05) is 7.11 Å². The Bertz CT molecular complexity index is 960. The number of hydrogen-bond donors (Lipinski definition) is 0. The fraction of sp³-hybridized carbons (Fsp3) is 0.350. The third-order valence-corrected chi connectivity index (χ3v) is 5.19. The van der Waals surface area contributed by atoms with Crippen molar-refractivity contribution in [2.24, 2.45) is 0 Å². The topological polar surface area (TPSA) is 61.2 Å². The number of ether oxygens (including phenoxy) is 1. The molecule has 0 fully saturated rings. The van der Waals surface area contributed by atoms with Crippen LogP contribution in [0.2, 0.25) is 0 Å². The number of carbonyl (C=O) groups is 1. The summed E-state index contributed by atoms with van der Waals surface area (Å²) in [6.07, 6.45) is 2.50. The third-order valence-electron chi connectivity index (χ3n) is 4.32. The number of rotatable bonds is 7. The molecule has 0 bridgehead atoms. The minimum Gasteiger partial charge on any atom is -0.469 e. The zero-order valence-corrected chi connectivity index (χ0v) is 15.8. The molecule has 0 amide bonds. The molecule has 1 aromatic carbocycles. The van der Waals surface area contributed by atoms with Crippen molar-refractivity contribution in [1.82, 2.24) is 9.55 Å². The Kier molecular flexibility index (Phi) is 5.83. The Morgan fingerprint density at radius 1 is 1.27 bits per heavy atom. The number of nitrogens with zero attached hydrogens (tertiary/aromatic N) is 2. The molecule has 0 N–H and O–H groups in total. The highest BCUT2D eigenvalue weighted by molar-refractivity contribution is 7.17. The van der Waals surface area contributed by atoms with Gasteiger partial charge in [-0.2, -0.15) is 0 Å². The quantitative estimate of drug-likeness (QED) is 0.589. The molecule has 136 valence electrons. The lowest BCUT2D eigenvalue weighted by Crippen LogP contribution is -2.25. The Labute approximate surface area is 156 Å². The lowest BCUT2D eigenvalue weighted by molar-refractivity contribution is -0.140. The van der Waals surface area contributed by atoms with Gasteiger partial charge in [-0.25, -0.2) is 4.98 Å². The second kappa shape index (κ2) is 8.27. The molecule has 26 heavy (non-hydrogen) atoms. The van der Waals surface area contributed by atoms with E-state index in [0.29, 0.717) is 24.8 Å². The first kappa shape index (κ1) is 18.3. The highest BCUT2D eigenvalue weighted by atomic mass is 32.1. The number of aryl methyl sites for hydroxylation is 1. The predicted molar refractivity (Wildman–Crippen MR) is 105 cm³/mol. The maximum atomic E-state index is 13.2. The van der Waals surface area contributed by atoms with Gasteiger partial charge in [0.25, 0.3) is 5.56 Å². The third kappa shape index (κ3) is 3.70. The van der Waals surface area contributed by atoms with Gasteiger partial charge in [-0.15, -0.1) is 11.3 Å². The molecule has 0 spiro atoms. The van der Waals surface area contributed by atoms with Crippen molar-refractivity contribution < 1.29 is 9.53 Å². The number of carbonyl (C=O) groups excluding carboxylic acids is 1. The molecule has 2 heterocycles. The van der Waals surface area contributed by atoms with Crippen LogP contribution in [0.1, 0.15) is 32.0 Å². The van der Waals surface area contributed by atoms with Crippen LogP contribution in [0.25, 0.3) is 21.3 Å². The SMILES string of the molecule is CCCc1nc2scc(-c3ccccc3)c2c(=O)n1CCCC(=O)OC. The van der Waals surface area contributed by atoms with Gasteiger partial charge in [0.15, 0.2) is 0 Å². The Morgan fingerprint density at radius 2 is 2.04 bits per heavy atom. The summed E-state index contributed by atoms with van der Waals surface area (Å²) in [6.45, 7) is 2.54. The van der Waals surface area contributed by atoms with Crippen LogP contribution >= 0.6 is 11.3 Å². The number of benzene rings is 1. The Balaban J connectivity index is 2.06. The van der Waals surface area contributed by atoms with E-state index in [-0.39, 0.29) is 11.5 Å². The molecule has 3 rings (SSSR count). The van der Waals surface area contributed by atoms with Crippen LogP contribution in [0.4, 0.5) is 0 Å². The second-order valence-electron chi connectivity index (χ2n) is 6.11. The lowest BCUT2D eigenvalue weighted by Gasteiger charge is -2.12. The van der Waals surface area contributed by atoms with Gasteiger partial charge >= 0.3 is 5.97 Å². The Hall–Kier alpha value is -2.47. The number of methoxy groups -OCH3 is 1. The van der Waals surface area contributed by atoms with Crippen molar-refractivity contribution in [3.8, 4) is 11.1 Å². The van der Waals surface area contributed by atoms with Gasteiger partial charge < -0.3 is 4.74 Å². The van der Waals surface area contributed by atoms with E-state index in [2.05, 4.69) is 6.92 Å². The molecule has 0 aliphatic rings. The number of hydrogen-bond acceptors (Lipinski definition) is 5. The van der Waals surface area contributed by atoms with E-state index in [1.807, 2.05) is 35.7 Å². The zero-order chi connectivity index (χ0) is 18.5. The van der Waals surface area contributed by atoms with Gasteiger partial charge in [0.1, 0.15) is 10.7 Å².